The van der Waals surface area contributed by atoms with Crippen LogP contribution in [0, 0.1) is 10.1 Å². The first-order chi connectivity index (χ1) is 9.99. The lowest BCUT2D eigenvalue weighted by Crippen LogP contribution is -2.11. The zero-order valence-corrected chi connectivity index (χ0v) is 11.3. The van der Waals surface area contributed by atoms with Crippen molar-refractivity contribution in [2.24, 2.45) is 7.05 Å². The standard InChI is InChI=1S/C13H14N4O4/c1-16-8-9(7-15-16)5-6-14-12-10(13(18)19)3-2-4-11(12)17(20)21/h2-4,7-8,14H,5-6H2,1H3,(H,18,19). The highest BCUT2D eigenvalue weighted by Crippen LogP contribution is 2.28. The van der Waals surface area contributed by atoms with Gasteiger partial charge in [0.05, 0.1) is 16.7 Å². The molecule has 0 radical (unpaired) electrons. The number of nitro groups is 1. The highest BCUT2D eigenvalue weighted by molar-refractivity contribution is 5.96. The number of para-hydroxylation sites is 1. The van der Waals surface area contributed by atoms with Crippen molar-refractivity contribution in [1.29, 1.82) is 0 Å². The Kier molecular flexibility index (Phi) is 4.17. The van der Waals surface area contributed by atoms with Crippen LogP contribution in [0.25, 0.3) is 0 Å². The number of carboxylic acid groups (broad SMARTS) is 1. The number of benzene rings is 1. The lowest BCUT2D eigenvalue weighted by molar-refractivity contribution is -0.384. The molecule has 2 rings (SSSR count). The van der Waals surface area contributed by atoms with Gasteiger partial charge < -0.3 is 10.4 Å². The number of nitrogens with one attached hydrogen (secondary N) is 1. The molecule has 1 heterocycles. The van der Waals surface area contributed by atoms with E-state index in [9.17, 15) is 14.9 Å². The number of rotatable bonds is 6. The molecule has 0 atom stereocenters. The van der Waals surface area contributed by atoms with E-state index < -0.39 is 10.9 Å². The average molecular weight is 290 g/mol. The van der Waals surface area contributed by atoms with Gasteiger partial charge in [-0.25, -0.2) is 4.79 Å². The predicted molar refractivity (Wildman–Crippen MR) is 75.5 cm³/mol. The number of aromatic carboxylic acids is 1. The van der Waals surface area contributed by atoms with Crippen molar-refractivity contribution >= 4 is 17.3 Å². The largest absolute Gasteiger partial charge is 0.478 e. The van der Waals surface area contributed by atoms with E-state index in [0.29, 0.717) is 13.0 Å². The summed E-state index contributed by atoms with van der Waals surface area (Å²) in [7, 11) is 1.79. The summed E-state index contributed by atoms with van der Waals surface area (Å²) in [5.41, 5.74) is 0.621. The first kappa shape index (κ1) is 14.5. The van der Waals surface area contributed by atoms with Gasteiger partial charge in [-0.3, -0.25) is 14.8 Å². The maximum Gasteiger partial charge on any atom is 0.338 e. The Morgan fingerprint density at radius 2 is 2.29 bits per heavy atom. The summed E-state index contributed by atoms with van der Waals surface area (Å²) < 4.78 is 1.66. The molecule has 0 saturated carbocycles. The van der Waals surface area contributed by atoms with Crippen LogP contribution in [0.2, 0.25) is 0 Å². The Bertz CT molecular complexity index is 648. The first-order valence-corrected chi connectivity index (χ1v) is 6.21. The van der Waals surface area contributed by atoms with Gasteiger partial charge in [0.15, 0.2) is 0 Å². The molecule has 0 unspecified atom stereocenters. The van der Waals surface area contributed by atoms with Gasteiger partial charge in [-0.1, -0.05) is 6.07 Å². The van der Waals surface area contributed by atoms with Crippen LogP contribution in [0.5, 0.6) is 0 Å². The van der Waals surface area contributed by atoms with E-state index in [4.69, 9.17) is 5.11 Å². The summed E-state index contributed by atoms with van der Waals surface area (Å²) >= 11 is 0. The number of carboxylic acids is 1. The smallest absolute Gasteiger partial charge is 0.338 e. The minimum Gasteiger partial charge on any atom is -0.478 e. The summed E-state index contributed by atoms with van der Waals surface area (Å²) in [6, 6.07) is 3.97. The van der Waals surface area contributed by atoms with Crippen LogP contribution < -0.4 is 5.32 Å². The summed E-state index contributed by atoms with van der Waals surface area (Å²) in [6.45, 7) is 0.372. The second kappa shape index (κ2) is 6.04. The topological polar surface area (TPSA) is 110 Å². The van der Waals surface area contributed by atoms with Gasteiger partial charge in [0.2, 0.25) is 0 Å². The third-order valence-corrected chi connectivity index (χ3v) is 2.94. The number of aryl methyl sites for hydroxylation is 1. The van der Waals surface area contributed by atoms with E-state index in [2.05, 4.69) is 10.4 Å². The van der Waals surface area contributed by atoms with Crippen molar-refractivity contribution in [2.75, 3.05) is 11.9 Å². The molecule has 0 aliphatic carbocycles. The quantitative estimate of drug-likeness (QED) is 0.618. The molecule has 2 N–H and O–H groups in total. The van der Waals surface area contributed by atoms with E-state index in [1.165, 1.54) is 18.2 Å². The number of carbonyl (C=O) groups is 1. The predicted octanol–water partition coefficient (Wildman–Crippen LogP) is 1.68. The molecule has 0 fully saturated rings. The monoisotopic (exact) mass is 290 g/mol. The van der Waals surface area contributed by atoms with Crippen molar-refractivity contribution < 1.29 is 14.8 Å². The Balaban J connectivity index is 2.17. The third-order valence-electron chi connectivity index (χ3n) is 2.94. The fourth-order valence-corrected chi connectivity index (χ4v) is 1.99. The maximum absolute atomic E-state index is 11.2. The number of nitro benzene ring substituents is 1. The van der Waals surface area contributed by atoms with Gasteiger partial charge >= 0.3 is 5.97 Å². The second-order valence-electron chi connectivity index (χ2n) is 4.46. The van der Waals surface area contributed by atoms with Crippen molar-refractivity contribution in [1.82, 2.24) is 9.78 Å². The SMILES string of the molecule is Cn1cc(CCNc2c(C(=O)O)cccc2[N+](=O)[O-])cn1. The Labute approximate surface area is 120 Å². The van der Waals surface area contributed by atoms with Crippen LogP contribution in [-0.4, -0.2) is 32.3 Å². The van der Waals surface area contributed by atoms with E-state index in [-0.39, 0.29) is 16.9 Å². The van der Waals surface area contributed by atoms with Gasteiger partial charge in [-0.2, -0.15) is 5.10 Å². The molecule has 21 heavy (non-hydrogen) atoms. The van der Waals surface area contributed by atoms with Crippen LogP contribution in [0.3, 0.4) is 0 Å². The Morgan fingerprint density at radius 3 is 2.86 bits per heavy atom. The molecule has 0 amide bonds. The van der Waals surface area contributed by atoms with E-state index in [1.807, 2.05) is 6.20 Å². The van der Waals surface area contributed by atoms with Crippen LogP contribution in [0.15, 0.2) is 30.6 Å². The first-order valence-electron chi connectivity index (χ1n) is 6.21. The maximum atomic E-state index is 11.2. The lowest BCUT2D eigenvalue weighted by Gasteiger charge is -2.09. The fraction of sp³-hybridized carbons (Fsp3) is 0.231. The van der Waals surface area contributed by atoms with Gasteiger partial charge in [-0.15, -0.1) is 0 Å². The number of hydrogen-bond donors (Lipinski definition) is 2. The van der Waals surface area contributed by atoms with E-state index in [1.54, 1.807) is 17.9 Å². The van der Waals surface area contributed by atoms with Crippen LogP contribution in [0.1, 0.15) is 15.9 Å². The number of nitrogens with zero attached hydrogens (tertiary/aromatic N) is 3. The third kappa shape index (κ3) is 3.35. The van der Waals surface area contributed by atoms with Gasteiger partial charge in [0, 0.05) is 25.9 Å². The molecule has 8 heteroatoms. The van der Waals surface area contributed by atoms with Crippen LogP contribution in [0.4, 0.5) is 11.4 Å². The zero-order chi connectivity index (χ0) is 15.4. The summed E-state index contributed by atoms with van der Waals surface area (Å²) in [5, 5.41) is 27.0. The van der Waals surface area contributed by atoms with Crippen molar-refractivity contribution in [3.63, 3.8) is 0 Å². The summed E-state index contributed by atoms with van der Waals surface area (Å²) in [4.78, 5) is 21.6. The molecular formula is C13H14N4O4. The van der Waals surface area contributed by atoms with E-state index >= 15 is 0 Å². The van der Waals surface area contributed by atoms with Crippen molar-refractivity contribution in [2.45, 2.75) is 6.42 Å². The Morgan fingerprint density at radius 1 is 1.52 bits per heavy atom. The molecule has 0 saturated heterocycles. The molecule has 0 bridgehead atoms. The highest BCUT2D eigenvalue weighted by Gasteiger charge is 2.20. The molecule has 1 aromatic heterocycles. The van der Waals surface area contributed by atoms with Gasteiger partial charge in [-0.05, 0) is 18.1 Å². The molecule has 0 spiro atoms. The molecular weight excluding hydrogens is 276 g/mol. The number of aromatic nitrogens is 2. The van der Waals surface area contributed by atoms with Crippen LogP contribution in [-0.2, 0) is 13.5 Å². The van der Waals surface area contributed by atoms with Gasteiger partial charge in [0.1, 0.15) is 5.69 Å². The molecule has 1 aromatic carbocycles. The minimum absolute atomic E-state index is 0.0268. The summed E-state index contributed by atoms with van der Waals surface area (Å²) in [5.74, 6) is -1.21. The number of hydrogen-bond acceptors (Lipinski definition) is 5. The van der Waals surface area contributed by atoms with Crippen LogP contribution >= 0.6 is 0 Å². The second-order valence-corrected chi connectivity index (χ2v) is 4.46. The normalized spacial score (nSPS) is 10.3. The molecule has 0 aliphatic rings. The lowest BCUT2D eigenvalue weighted by atomic mass is 10.1. The fourth-order valence-electron chi connectivity index (χ4n) is 1.99. The summed E-state index contributed by atoms with van der Waals surface area (Å²) in [6.07, 6.45) is 4.11. The minimum atomic E-state index is -1.21. The molecule has 110 valence electrons. The highest BCUT2D eigenvalue weighted by atomic mass is 16.6. The number of anilines is 1. The molecule has 2 aromatic rings. The van der Waals surface area contributed by atoms with E-state index in [0.717, 1.165) is 5.56 Å². The molecule has 8 nitrogen and oxygen atoms in total. The zero-order valence-electron chi connectivity index (χ0n) is 11.3. The molecule has 0 aliphatic heterocycles. The van der Waals surface area contributed by atoms with Crippen molar-refractivity contribution in [3.05, 3.63) is 51.8 Å². The van der Waals surface area contributed by atoms with Crippen molar-refractivity contribution in [3.8, 4) is 0 Å². The Hall–Kier alpha value is -2.90. The average Bonchev–Trinajstić information content (AvgIpc) is 2.84. The van der Waals surface area contributed by atoms with Gasteiger partial charge in [0.25, 0.3) is 5.69 Å².